The van der Waals surface area contributed by atoms with Crippen molar-refractivity contribution in [2.45, 2.75) is 19.3 Å². The van der Waals surface area contributed by atoms with E-state index in [1.54, 1.807) is 24.3 Å². The van der Waals surface area contributed by atoms with Gasteiger partial charge in [-0.2, -0.15) is 13.2 Å². The van der Waals surface area contributed by atoms with E-state index in [0.717, 1.165) is 28.5 Å². The van der Waals surface area contributed by atoms with Gasteiger partial charge in [-0.1, -0.05) is 42.5 Å². The first-order valence-corrected chi connectivity index (χ1v) is 7.95. The average Bonchev–Trinajstić information content (AvgIpc) is 2.62. The summed E-state index contributed by atoms with van der Waals surface area (Å²) in [5, 5.41) is 0. The third kappa shape index (κ3) is 4.53. The zero-order valence-electron chi connectivity index (χ0n) is 13.7. The molecular formula is C20H16F3NO2. The van der Waals surface area contributed by atoms with Crippen LogP contribution in [0.1, 0.15) is 16.7 Å². The average molecular weight is 359 g/mol. The van der Waals surface area contributed by atoms with Crippen LogP contribution in [0.15, 0.2) is 77.7 Å². The second-order valence-electron chi connectivity index (χ2n) is 5.80. The molecule has 0 atom stereocenters. The van der Waals surface area contributed by atoms with Gasteiger partial charge in [0.25, 0.3) is 5.56 Å². The first kappa shape index (κ1) is 17.8. The molecule has 0 spiro atoms. The predicted molar refractivity (Wildman–Crippen MR) is 92.0 cm³/mol. The quantitative estimate of drug-likeness (QED) is 0.672. The Balaban J connectivity index is 1.76. The fraction of sp³-hybridized carbons (Fsp3) is 0.150. The summed E-state index contributed by atoms with van der Waals surface area (Å²) in [6.45, 7) is 0.416. The molecule has 0 aliphatic heterocycles. The number of aromatic nitrogens is 1. The molecule has 0 bridgehead atoms. The van der Waals surface area contributed by atoms with Gasteiger partial charge in [0, 0.05) is 12.3 Å². The van der Waals surface area contributed by atoms with Crippen LogP contribution in [0.3, 0.4) is 0 Å². The lowest BCUT2D eigenvalue weighted by Gasteiger charge is -2.12. The van der Waals surface area contributed by atoms with E-state index in [1.165, 1.54) is 0 Å². The lowest BCUT2D eigenvalue weighted by Crippen LogP contribution is -2.21. The van der Waals surface area contributed by atoms with Gasteiger partial charge < -0.3 is 9.30 Å². The Kier molecular flexibility index (Phi) is 5.11. The molecule has 0 amide bonds. The maximum atomic E-state index is 12.8. The van der Waals surface area contributed by atoms with Gasteiger partial charge in [-0.15, -0.1) is 0 Å². The minimum absolute atomic E-state index is 0.0330. The van der Waals surface area contributed by atoms with Crippen molar-refractivity contribution in [1.82, 2.24) is 4.57 Å². The van der Waals surface area contributed by atoms with Crippen LogP contribution in [-0.4, -0.2) is 4.57 Å². The van der Waals surface area contributed by atoms with Crippen LogP contribution in [0, 0.1) is 0 Å². The maximum absolute atomic E-state index is 12.8. The van der Waals surface area contributed by atoms with Crippen molar-refractivity contribution < 1.29 is 17.9 Å². The third-order valence-electron chi connectivity index (χ3n) is 3.81. The fourth-order valence-electron chi connectivity index (χ4n) is 2.49. The molecule has 2 aromatic carbocycles. The molecule has 0 aliphatic rings. The van der Waals surface area contributed by atoms with Gasteiger partial charge in [0.15, 0.2) is 0 Å². The van der Waals surface area contributed by atoms with Crippen molar-refractivity contribution in [3.8, 4) is 5.75 Å². The highest BCUT2D eigenvalue weighted by atomic mass is 19.4. The summed E-state index contributed by atoms with van der Waals surface area (Å²) >= 11 is 0. The normalized spacial score (nSPS) is 11.3. The van der Waals surface area contributed by atoms with E-state index in [4.69, 9.17) is 4.74 Å². The molecule has 134 valence electrons. The van der Waals surface area contributed by atoms with E-state index in [9.17, 15) is 18.0 Å². The SMILES string of the molecule is O=c1ccc(C(F)(F)F)cn1Cc1cccc(OCc2ccccc2)c1. The van der Waals surface area contributed by atoms with E-state index in [-0.39, 0.29) is 6.54 Å². The Bertz CT molecular complexity index is 934. The maximum Gasteiger partial charge on any atom is 0.417 e. The molecule has 1 aromatic heterocycles. The fourth-order valence-corrected chi connectivity index (χ4v) is 2.49. The van der Waals surface area contributed by atoms with Crippen LogP contribution in [-0.2, 0) is 19.3 Å². The smallest absolute Gasteiger partial charge is 0.417 e. The van der Waals surface area contributed by atoms with Crippen LogP contribution in [0.25, 0.3) is 0 Å². The van der Waals surface area contributed by atoms with Gasteiger partial charge in [0.1, 0.15) is 12.4 Å². The summed E-state index contributed by atoms with van der Waals surface area (Å²) in [5.41, 5.74) is 0.339. The lowest BCUT2D eigenvalue weighted by atomic mass is 10.2. The zero-order valence-corrected chi connectivity index (χ0v) is 13.7. The first-order chi connectivity index (χ1) is 12.4. The number of benzene rings is 2. The van der Waals surface area contributed by atoms with Crippen molar-refractivity contribution in [3.05, 3.63) is 100.0 Å². The number of hydrogen-bond acceptors (Lipinski definition) is 2. The summed E-state index contributed by atoms with van der Waals surface area (Å²) in [4.78, 5) is 11.9. The molecule has 0 saturated carbocycles. The predicted octanol–water partition coefficient (Wildman–Crippen LogP) is 4.49. The van der Waals surface area contributed by atoms with Crippen LogP contribution in [0.4, 0.5) is 13.2 Å². The van der Waals surface area contributed by atoms with Crippen LogP contribution < -0.4 is 10.3 Å². The summed E-state index contributed by atoms with van der Waals surface area (Å²) in [5.74, 6) is 0.589. The van der Waals surface area contributed by atoms with Crippen LogP contribution in [0.2, 0.25) is 0 Å². The number of ether oxygens (including phenoxy) is 1. The molecule has 0 N–H and O–H groups in total. The van der Waals surface area contributed by atoms with E-state index < -0.39 is 17.3 Å². The second kappa shape index (κ2) is 7.47. The molecule has 3 nitrogen and oxygen atoms in total. The number of pyridine rings is 1. The monoisotopic (exact) mass is 359 g/mol. The van der Waals surface area contributed by atoms with Gasteiger partial charge in [0.2, 0.25) is 0 Å². The number of nitrogens with zero attached hydrogens (tertiary/aromatic N) is 1. The topological polar surface area (TPSA) is 31.2 Å². The molecule has 0 saturated heterocycles. The highest BCUT2D eigenvalue weighted by molar-refractivity contribution is 5.29. The summed E-state index contributed by atoms with van der Waals surface area (Å²) < 4.78 is 45.2. The van der Waals surface area contributed by atoms with Crippen LogP contribution in [0.5, 0.6) is 5.75 Å². The standard InChI is InChI=1S/C20H16F3NO2/c21-20(22,23)17-9-10-19(25)24(13-17)12-16-7-4-8-18(11-16)26-14-15-5-2-1-3-6-15/h1-11,13H,12,14H2. The molecule has 1 heterocycles. The molecular weight excluding hydrogens is 343 g/mol. The summed E-state index contributed by atoms with van der Waals surface area (Å²) in [6.07, 6.45) is -3.66. The molecule has 0 unspecified atom stereocenters. The molecule has 3 rings (SSSR count). The molecule has 0 aliphatic carbocycles. The lowest BCUT2D eigenvalue weighted by molar-refractivity contribution is -0.138. The van der Waals surface area contributed by atoms with Gasteiger partial charge in [-0.05, 0) is 29.3 Å². The molecule has 0 fully saturated rings. The minimum Gasteiger partial charge on any atom is -0.489 e. The number of halogens is 3. The first-order valence-electron chi connectivity index (χ1n) is 7.95. The Morgan fingerprint density at radius 2 is 1.62 bits per heavy atom. The Hall–Kier alpha value is -3.02. The largest absolute Gasteiger partial charge is 0.489 e. The summed E-state index contributed by atoms with van der Waals surface area (Å²) in [6, 6.07) is 18.3. The zero-order chi connectivity index (χ0) is 18.6. The third-order valence-corrected chi connectivity index (χ3v) is 3.81. The number of rotatable bonds is 5. The Labute approximate surface area is 148 Å². The van der Waals surface area contributed by atoms with Crippen molar-refractivity contribution in [2.75, 3.05) is 0 Å². The van der Waals surface area contributed by atoms with Crippen LogP contribution >= 0.6 is 0 Å². The summed E-state index contributed by atoms with van der Waals surface area (Å²) in [7, 11) is 0. The molecule has 26 heavy (non-hydrogen) atoms. The van der Waals surface area contributed by atoms with Gasteiger partial charge in [0.05, 0.1) is 12.1 Å². The number of alkyl halides is 3. The van der Waals surface area contributed by atoms with Crippen molar-refractivity contribution in [2.24, 2.45) is 0 Å². The molecule has 6 heteroatoms. The van der Waals surface area contributed by atoms with Crippen molar-refractivity contribution >= 4 is 0 Å². The van der Waals surface area contributed by atoms with Crippen molar-refractivity contribution in [1.29, 1.82) is 0 Å². The van der Waals surface area contributed by atoms with Gasteiger partial charge >= 0.3 is 6.18 Å². The number of hydrogen-bond donors (Lipinski definition) is 0. The van der Waals surface area contributed by atoms with E-state index in [2.05, 4.69) is 0 Å². The van der Waals surface area contributed by atoms with E-state index >= 15 is 0 Å². The Morgan fingerprint density at radius 3 is 2.35 bits per heavy atom. The highest BCUT2D eigenvalue weighted by Crippen LogP contribution is 2.28. The minimum atomic E-state index is -4.49. The van der Waals surface area contributed by atoms with E-state index in [1.807, 2.05) is 30.3 Å². The Morgan fingerprint density at radius 1 is 0.885 bits per heavy atom. The van der Waals surface area contributed by atoms with Gasteiger partial charge in [-0.3, -0.25) is 4.79 Å². The molecule has 3 aromatic rings. The second-order valence-corrected chi connectivity index (χ2v) is 5.80. The van der Waals surface area contributed by atoms with Crippen molar-refractivity contribution in [3.63, 3.8) is 0 Å². The highest BCUT2D eigenvalue weighted by Gasteiger charge is 2.31. The van der Waals surface area contributed by atoms with Gasteiger partial charge in [-0.25, -0.2) is 0 Å². The molecule has 0 radical (unpaired) electrons. The van der Waals surface area contributed by atoms with E-state index in [0.29, 0.717) is 17.9 Å².